The Morgan fingerprint density at radius 2 is 2.03 bits per heavy atom. The van der Waals surface area contributed by atoms with E-state index in [-0.39, 0.29) is 18.9 Å². The van der Waals surface area contributed by atoms with Crippen molar-refractivity contribution in [2.75, 3.05) is 6.54 Å². The van der Waals surface area contributed by atoms with Gasteiger partial charge in [0.2, 0.25) is 0 Å². The normalized spacial score (nSPS) is 15.4. The van der Waals surface area contributed by atoms with Crippen molar-refractivity contribution in [2.24, 2.45) is 0 Å². The van der Waals surface area contributed by atoms with Crippen molar-refractivity contribution in [2.45, 2.75) is 32.3 Å². The number of halogens is 1. The first-order valence-corrected chi connectivity index (χ1v) is 11.8. The fourth-order valence-corrected chi connectivity index (χ4v) is 5.46. The van der Waals surface area contributed by atoms with E-state index in [0.717, 1.165) is 34.4 Å². The minimum atomic E-state index is -0.803. The molecule has 1 aliphatic heterocycles. The molecule has 1 aliphatic rings. The zero-order valence-corrected chi connectivity index (χ0v) is 19.2. The Labute approximate surface area is 193 Å². The minimum absolute atomic E-state index is 0.0806. The molecule has 1 aromatic carbocycles. The second-order valence-corrected chi connectivity index (χ2v) is 9.79. The molecule has 1 aromatic heterocycles. The van der Waals surface area contributed by atoms with Crippen LogP contribution < -0.4 is 0 Å². The van der Waals surface area contributed by atoms with Gasteiger partial charge in [-0.25, -0.2) is 0 Å². The van der Waals surface area contributed by atoms with Crippen LogP contribution in [0.5, 0.6) is 0 Å². The van der Waals surface area contributed by atoms with E-state index in [1.807, 2.05) is 23.6 Å². The lowest BCUT2D eigenvalue weighted by Gasteiger charge is -2.13. The largest absolute Gasteiger partial charge is 0.481 e. The number of thiocarbonyl (C=S) groups is 1. The summed E-state index contributed by atoms with van der Waals surface area (Å²) in [5, 5.41) is 20.8. The summed E-state index contributed by atoms with van der Waals surface area (Å²) in [6.45, 7) is 0.419. The molecule has 2 heterocycles. The van der Waals surface area contributed by atoms with Crippen molar-refractivity contribution < 1.29 is 19.8 Å². The van der Waals surface area contributed by atoms with Crippen LogP contribution in [0, 0.1) is 0 Å². The predicted octanol–water partition coefficient (Wildman–Crippen LogP) is 5.41. The molecule has 1 amide bonds. The topological polar surface area (TPSA) is 77.8 Å². The Morgan fingerprint density at radius 1 is 1.23 bits per heavy atom. The van der Waals surface area contributed by atoms with Gasteiger partial charge in [0.15, 0.2) is 0 Å². The number of unbranched alkanes of at least 4 members (excludes halogenated alkanes) is 2. The van der Waals surface area contributed by atoms with Crippen molar-refractivity contribution >= 4 is 69.2 Å². The molecule has 0 aliphatic carbocycles. The van der Waals surface area contributed by atoms with Gasteiger partial charge in [0.05, 0.1) is 11.5 Å². The molecular weight excluding hydrogens is 462 g/mol. The van der Waals surface area contributed by atoms with E-state index in [2.05, 4.69) is 0 Å². The van der Waals surface area contributed by atoms with Gasteiger partial charge in [0.1, 0.15) is 4.32 Å². The van der Waals surface area contributed by atoms with Crippen LogP contribution >= 0.6 is 46.9 Å². The van der Waals surface area contributed by atoms with E-state index in [1.54, 1.807) is 17.0 Å². The summed E-state index contributed by atoms with van der Waals surface area (Å²) in [6, 6.07) is 7.34. The first kappa shape index (κ1) is 23.0. The molecule has 1 saturated heterocycles. The van der Waals surface area contributed by atoms with Crippen LogP contribution in [0.15, 0.2) is 34.6 Å². The highest BCUT2D eigenvalue weighted by molar-refractivity contribution is 8.26. The molecule has 0 unspecified atom stereocenters. The van der Waals surface area contributed by atoms with Crippen LogP contribution in [0.4, 0.5) is 0 Å². The molecule has 2 N–H and O–H groups in total. The predicted molar refractivity (Wildman–Crippen MR) is 127 cm³/mol. The number of benzene rings is 1. The smallest absolute Gasteiger partial charge is 0.303 e. The Bertz CT molecular complexity index is 1000. The number of hydrogen-bond acceptors (Lipinski definition) is 6. The number of carbonyl (C=O) groups excluding carboxylic acids is 1. The maximum absolute atomic E-state index is 12.7. The summed E-state index contributed by atoms with van der Waals surface area (Å²) in [5.74, 6) is -0.917. The second-order valence-electron chi connectivity index (χ2n) is 6.74. The molecule has 1 fully saturated rings. The van der Waals surface area contributed by atoms with Crippen LogP contribution in [0.25, 0.3) is 17.2 Å². The first-order valence-electron chi connectivity index (χ1n) is 9.34. The molecule has 158 valence electrons. The van der Waals surface area contributed by atoms with Gasteiger partial charge in [-0.15, -0.1) is 11.3 Å². The van der Waals surface area contributed by atoms with Gasteiger partial charge in [0, 0.05) is 22.9 Å². The van der Waals surface area contributed by atoms with Crippen molar-refractivity contribution in [3.63, 3.8) is 0 Å². The number of carboxylic acids is 1. The molecule has 5 nitrogen and oxygen atoms in total. The summed E-state index contributed by atoms with van der Waals surface area (Å²) in [4.78, 5) is 26.4. The average molecular weight is 482 g/mol. The van der Waals surface area contributed by atoms with Gasteiger partial charge in [-0.05, 0) is 59.2 Å². The van der Waals surface area contributed by atoms with E-state index in [4.69, 9.17) is 28.9 Å². The second kappa shape index (κ2) is 10.5. The minimum Gasteiger partial charge on any atom is -0.481 e. The molecule has 0 bridgehead atoms. The van der Waals surface area contributed by atoms with Crippen LogP contribution in [-0.2, 0) is 16.2 Å². The third-order valence-corrected chi connectivity index (χ3v) is 7.08. The molecule has 2 aromatic rings. The van der Waals surface area contributed by atoms with Gasteiger partial charge < -0.3 is 10.2 Å². The van der Waals surface area contributed by atoms with Crippen molar-refractivity contribution in [3.8, 4) is 11.1 Å². The molecule has 0 saturated carbocycles. The molecule has 0 spiro atoms. The number of thioether (sulfide) groups is 1. The third-order valence-electron chi connectivity index (χ3n) is 4.59. The molecular formula is C21H20ClNO4S3. The van der Waals surface area contributed by atoms with Crippen molar-refractivity contribution in [1.29, 1.82) is 0 Å². The Hall–Kier alpha value is -1.71. The number of aliphatic hydroxyl groups is 1. The number of aliphatic hydroxyl groups excluding tert-OH is 1. The van der Waals surface area contributed by atoms with Crippen molar-refractivity contribution in [3.05, 3.63) is 50.0 Å². The van der Waals surface area contributed by atoms with Gasteiger partial charge in [-0.1, -0.05) is 48.1 Å². The number of nitrogens with zero attached hydrogens (tertiary/aromatic N) is 1. The molecule has 0 atom stereocenters. The molecule has 30 heavy (non-hydrogen) atoms. The summed E-state index contributed by atoms with van der Waals surface area (Å²) < 4.78 is 0.527. The summed E-state index contributed by atoms with van der Waals surface area (Å²) in [7, 11) is 0. The fourth-order valence-electron chi connectivity index (χ4n) is 3.07. The summed E-state index contributed by atoms with van der Waals surface area (Å²) in [5.41, 5.74) is 2.60. The standard InChI is InChI=1S/C21H20ClNO4S3/c22-15-6-5-13(11-24)17(9-15)14-8-16(29-12-14)10-18-20(27)23(21(28)30-18)7-3-1-2-4-19(25)26/h5-6,8-10,12,24H,1-4,7,11H2,(H,25,26). The fraction of sp³-hybridized carbons (Fsp3) is 0.286. The van der Waals surface area contributed by atoms with Crippen LogP contribution in [0.3, 0.4) is 0 Å². The number of carboxylic acid groups (broad SMARTS) is 1. The van der Waals surface area contributed by atoms with Gasteiger partial charge in [-0.3, -0.25) is 14.5 Å². The van der Waals surface area contributed by atoms with Gasteiger partial charge >= 0.3 is 5.97 Å². The maximum Gasteiger partial charge on any atom is 0.303 e. The summed E-state index contributed by atoms with van der Waals surface area (Å²) >= 11 is 14.2. The van der Waals surface area contributed by atoms with E-state index >= 15 is 0 Å². The lowest BCUT2D eigenvalue weighted by molar-refractivity contribution is -0.137. The number of hydrogen-bond donors (Lipinski definition) is 2. The van der Waals surface area contributed by atoms with Crippen LogP contribution in [-0.4, -0.2) is 37.9 Å². The van der Waals surface area contributed by atoms with E-state index in [9.17, 15) is 14.7 Å². The summed E-state index contributed by atoms with van der Waals surface area (Å²) in [6.07, 6.45) is 4.03. The highest BCUT2D eigenvalue weighted by atomic mass is 35.5. The monoisotopic (exact) mass is 481 g/mol. The number of carbonyl (C=O) groups is 2. The SMILES string of the molecule is O=C(O)CCCCCN1C(=O)C(=Cc2cc(-c3cc(Cl)ccc3CO)cs2)SC1=S. The van der Waals surface area contributed by atoms with Gasteiger partial charge in [0.25, 0.3) is 5.91 Å². The molecule has 0 radical (unpaired) electrons. The number of amides is 1. The first-order chi connectivity index (χ1) is 14.4. The number of thiophene rings is 1. The molecule has 3 rings (SSSR count). The molecule has 9 heteroatoms. The van der Waals surface area contributed by atoms with Crippen LogP contribution in [0.1, 0.15) is 36.1 Å². The van der Waals surface area contributed by atoms with E-state index in [1.165, 1.54) is 23.1 Å². The number of aliphatic carboxylic acids is 1. The van der Waals surface area contributed by atoms with Gasteiger partial charge in [-0.2, -0.15) is 0 Å². The Balaban J connectivity index is 1.68. The maximum atomic E-state index is 12.7. The average Bonchev–Trinajstić information content (AvgIpc) is 3.27. The highest BCUT2D eigenvalue weighted by Crippen LogP contribution is 2.36. The third kappa shape index (κ3) is 5.70. The van der Waals surface area contributed by atoms with E-state index < -0.39 is 5.97 Å². The lowest BCUT2D eigenvalue weighted by atomic mass is 10.0. The highest BCUT2D eigenvalue weighted by Gasteiger charge is 2.31. The Morgan fingerprint density at radius 3 is 2.77 bits per heavy atom. The quantitative estimate of drug-likeness (QED) is 0.283. The zero-order valence-electron chi connectivity index (χ0n) is 16.0. The number of rotatable bonds is 9. The zero-order chi connectivity index (χ0) is 21.7. The van der Waals surface area contributed by atoms with Crippen LogP contribution in [0.2, 0.25) is 5.02 Å². The van der Waals surface area contributed by atoms with Crippen molar-refractivity contribution in [1.82, 2.24) is 4.90 Å². The Kier molecular flexibility index (Phi) is 8.07. The lowest BCUT2D eigenvalue weighted by Crippen LogP contribution is -2.29. The van der Waals surface area contributed by atoms with E-state index in [0.29, 0.717) is 27.2 Å².